The van der Waals surface area contributed by atoms with Crippen LogP contribution in [0.3, 0.4) is 0 Å². The third kappa shape index (κ3) is 3.94. The number of hydrogen-bond acceptors (Lipinski definition) is 4. The van der Waals surface area contributed by atoms with Crippen LogP contribution in [0.2, 0.25) is 0 Å². The molecule has 15 heteroatoms. The molecule has 2 aromatic rings. The van der Waals surface area contributed by atoms with E-state index in [0.717, 1.165) is 24.3 Å². The van der Waals surface area contributed by atoms with Crippen molar-refractivity contribution in [3.63, 3.8) is 0 Å². The van der Waals surface area contributed by atoms with Gasteiger partial charge in [-0.25, -0.2) is 4.98 Å². The first-order valence-corrected chi connectivity index (χ1v) is 9.06. The number of benzene rings is 1. The first kappa shape index (κ1) is 23.8. The lowest BCUT2D eigenvalue weighted by molar-refractivity contribution is -0.382. The first-order chi connectivity index (χ1) is 13.4. The maximum Gasteiger partial charge on any atom is 0.460 e. The molecule has 168 valence electrons. The van der Waals surface area contributed by atoms with Crippen molar-refractivity contribution in [1.82, 2.24) is 9.55 Å². The molecule has 0 aliphatic carbocycles. The monoisotopic (exact) mass is 470 g/mol. The molecule has 0 aliphatic heterocycles. The predicted molar refractivity (Wildman–Crippen MR) is 83.0 cm³/mol. The van der Waals surface area contributed by atoms with Gasteiger partial charge in [0.1, 0.15) is 11.6 Å². The summed E-state index contributed by atoms with van der Waals surface area (Å²) in [6, 6.07) is 3.72. The molecule has 0 bridgehead atoms. The van der Waals surface area contributed by atoms with E-state index in [1.165, 1.54) is 6.20 Å². The number of aromatic nitrogens is 2. The van der Waals surface area contributed by atoms with Gasteiger partial charge < -0.3 is 8.75 Å². The molecule has 0 atom stereocenters. The van der Waals surface area contributed by atoms with Crippen molar-refractivity contribution in [2.45, 2.75) is 36.7 Å². The largest absolute Gasteiger partial charge is 0.460 e. The van der Waals surface area contributed by atoms with Crippen LogP contribution in [-0.4, -0.2) is 41.2 Å². The lowest BCUT2D eigenvalue weighted by atomic mass is 10.1. The Kier molecular flexibility index (Phi) is 5.84. The van der Waals surface area contributed by atoms with Crippen LogP contribution in [0, 0.1) is 6.92 Å². The quantitative estimate of drug-likeness (QED) is 0.446. The highest BCUT2D eigenvalue weighted by molar-refractivity contribution is 7.88. The summed E-state index contributed by atoms with van der Waals surface area (Å²) in [5.74, 6) is -15.1. The molecule has 0 N–H and O–H groups in total. The van der Waals surface area contributed by atoms with Crippen molar-refractivity contribution < 1.29 is 52.1 Å². The highest BCUT2D eigenvalue weighted by Crippen LogP contribution is 2.54. The average molecular weight is 470 g/mol. The second kappa shape index (κ2) is 7.35. The zero-order chi connectivity index (χ0) is 23.2. The summed E-state index contributed by atoms with van der Waals surface area (Å²) in [7, 11) is -6.96. The third-order valence-corrected chi connectivity index (χ3v) is 5.13. The maximum atomic E-state index is 13.6. The van der Waals surface area contributed by atoms with Gasteiger partial charge in [0, 0.05) is 18.9 Å². The van der Waals surface area contributed by atoms with E-state index in [2.05, 4.69) is 9.17 Å². The standard InChI is InChI=1S/C15H11F9N2O3S/c1-9-25-6-7-26(9)8-10-2-4-11(5-3-10)29-30(27,28)15(23,24)13(18,19)12(16,17)14(20,21)22/h2-7H,8H2,1H3. The Morgan fingerprint density at radius 3 is 1.90 bits per heavy atom. The van der Waals surface area contributed by atoms with E-state index in [1.807, 2.05) is 0 Å². The Balaban J connectivity index is 2.27. The van der Waals surface area contributed by atoms with Crippen LogP contribution in [0.5, 0.6) is 5.75 Å². The maximum absolute atomic E-state index is 13.6. The highest BCUT2D eigenvalue weighted by Gasteiger charge is 2.86. The lowest BCUT2D eigenvalue weighted by Crippen LogP contribution is -2.63. The third-order valence-electron chi connectivity index (χ3n) is 3.84. The Bertz CT molecular complexity index is 999. The molecule has 30 heavy (non-hydrogen) atoms. The van der Waals surface area contributed by atoms with Crippen molar-refractivity contribution in [2.24, 2.45) is 0 Å². The summed E-state index contributed by atoms with van der Waals surface area (Å²) in [5.41, 5.74) is 0.446. The van der Waals surface area contributed by atoms with E-state index >= 15 is 0 Å². The molecule has 0 fully saturated rings. The molecule has 1 heterocycles. The molecule has 0 aliphatic rings. The number of rotatable bonds is 7. The van der Waals surface area contributed by atoms with Crippen LogP contribution in [-0.2, 0) is 16.7 Å². The number of alkyl halides is 9. The molecule has 5 nitrogen and oxygen atoms in total. The van der Waals surface area contributed by atoms with Crippen molar-refractivity contribution in [1.29, 1.82) is 0 Å². The molecule has 1 aromatic heterocycles. The average Bonchev–Trinajstić information content (AvgIpc) is 2.99. The van der Waals surface area contributed by atoms with E-state index in [4.69, 9.17) is 0 Å². The second-order valence-corrected chi connectivity index (χ2v) is 7.53. The van der Waals surface area contributed by atoms with Crippen molar-refractivity contribution in [2.75, 3.05) is 0 Å². The van der Waals surface area contributed by atoms with Crippen LogP contribution < -0.4 is 4.18 Å². The molecule has 0 radical (unpaired) electrons. The first-order valence-electron chi connectivity index (χ1n) is 7.65. The fourth-order valence-electron chi connectivity index (χ4n) is 2.11. The SMILES string of the molecule is Cc1nccn1Cc1ccc(OS(=O)(=O)C(F)(F)C(F)(F)C(F)(F)C(F)(F)F)cc1. The second-order valence-electron chi connectivity index (χ2n) is 5.95. The van der Waals surface area contributed by atoms with E-state index < -0.39 is 39.1 Å². The summed E-state index contributed by atoms with van der Waals surface area (Å²) in [6.07, 6.45) is -4.10. The van der Waals surface area contributed by atoms with E-state index in [-0.39, 0.29) is 6.54 Å². The molecular formula is C15H11F9N2O3S. The van der Waals surface area contributed by atoms with Gasteiger partial charge in [-0.2, -0.15) is 47.9 Å². The van der Waals surface area contributed by atoms with Gasteiger partial charge in [-0.1, -0.05) is 12.1 Å². The normalized spacial score (nSPS) is 14.1. The van der Waals surface area contributed by atoms with Crippen molar-refractivity contribution in [3.05, 3.63) is 48.0 Å². The van der Waals surface area contributed by atoms with Crippen LogP contribution in [0.1, 0.15) is 11.4 Å². The summed E-state index contributed by atoms with van der Waals surface area (Å²) in [5, 5.41) is -6.91. The van der Waals surface area contributed by atoms with Gasteiger partial charge in [-0.05, 0) is 24.6 Å². The summed E-state index contributed by atoms with van der Waals surface area (Å²) < 4.78 is 144. The molecule has 0 unspecified atom stereocenters. The Hall–Kier alpha value is -2.45. The van der Waals surface area contributed by atoms with Gasteiger partial charge in [-0.15, -0.1) is 0 Å². The van der Waals surface area contributed by atoms with E-state index in [9.17, 15) is 47.9 Å². The molecule has 0 saturated heterocycles. The Morgan fingerprint density at radius 2 is 1.47 bits per heavy atom. The van der Waals surface area contributed by atoms with Gasteiger partial charge >= 0.3 is 33.4 Å². The molecule has 0 saturated carbocycles. The van der Waals surface area contributed by atoms with Gasteiger partial charge in [0.05, 0.1) is 0 Å². The van der Waals surface area contributed by atoms with E-state index in [1.54, 1.807) is 17.7 Å². The smallest absolute Gasteiger partial charge is 0.378 e. The predicted octanol–water partition coefficient (Wildman–Crippen LogP) is 4.37. The van der Waals surface area contributed by atoms with Gasteiger partial charge in [0.15, 0.2) is 0 Å². The zero-order valence-corrected chi connectivity index (χ0v) is 15.4. The Labute approximate surface area is 163 Å². The zero-order valence-electron chi connectivity index (χ0n) is 14.6. The van der Waals surface area contributed by atoms with Gasteiger partial charge in [0.25, 0.3) is 0 Å². The minimum Gasteiger partial charge on any atom is -0.378 e. The van der Waals surface area contributed by atoms with Crippen LogP contribution >= 0.6 is 0 Å². The molecule has 0 spiro atoms. The minimum atomic E-state index is -7.35. The number of nitrogens with zero attached hydrogens (tertiary/aromatic N) is 2. The summed E-state index contributed by atoms with van der Waals surface area (Å²) in [4.78, 5) is 3.93. The van der Waals surface area contributed by atoms with Crippen LogP contribution in [0.15, 0.2) is 36.7 Å². The van der Waals surface area contributed by atoms with Gasteiger partial charge in [-0.3, -0.25) is 0 Å². The number of hydrogen-bond donors (Lipinski definition) is 0. The number of halogens is 9. The molecular weight excluding hydrogens is 459 g/mol. The molecule has 0 amide bonds. The van der Waals surface area contributed by atoms with Gasteiger partial charge in [0.2, 0.25) is 0 Å². The Morgan fingerprint density at radius 1 is 0.933 bits per heavy atom. The van der Waals surface area contributed by atoms with Crippen LogP contribution in [0.4, 0.5) is 39.5 Å². The molecule has 1 aromatic carbocycles. The minimum absolute atomic E-state index is 0.185. The van der Waals surface area contributed by atoms with Crippen molar-refractivity contribution in [3.8, 4) is 5.75 Å². The lowest BCUT2D eigenvalue weighted by Gasteiger charge is -2.32. The highest BCUT2D eigenvalue weighted by atomic mass is 32.2. The summed E-state index contributed by atoms with van der Waals surface area (Å²) >= 11 is 0. The fraction of sp³-hybridized carbons (Fsp3) is 0.400. The van der Waals surface area contributed by atoms with E-state index in [0.29, 0.717) is 11.4 Å². The fourth-order valence-corrected chi connectivity index (χ4v) is 3.03. The number of aryl methyl sites for hydroxylation is 1. The van der Waals surface area contributed by atoms with Crippen LogP contribution in [0.25, 0.3) is 0 Å². The van der Waals surface area contributed by atoms with Crippen molar-refractivity contribution >= 4 is 10.1 Å². The number of imidazole rings is 1. The molecule has 2 rings (SSSR count). The summed E-state index contributed by atoms with van der Waals surface area (Å²) in [6.45, 7) is 1.84. The topological polar surface area (TPSA) is 61.2 Å².